The third-order valence-electron chi connectivity index (χ3n) is 4.19. The normalized spacial score (nSPS) is 21.6. The van der Waals surface area contributed by atoms with E-state index in [9.17, 15) is 10.1 Å². The SMILES string of the molecule is CN1CCC2(CC1)COc1ccc([N+](=O)[O-])cc12. The molecule has 0 saturated carbocycles. The van der Waals surface area contributed by atoms with Gasteiger partial charge in [-0.15, -0.1) is 0 Å². The van der Waals surface area contributed by atoms with Crippen LogP contribution in [0, 0.1) is 10.1 Å². The predicted molar refractivity (Wildman–Crippen MR) is 67.0 cm³/mol. The van der Waals surface area contributed by atoms with E-state index in [0.29, 0.717) is 6.61 Å². The number of nitro groups is 1. The first kappa shape index (κ1) is 11.5. The van der Waals surface area contributed by atoms with Crippen LogP contribution in [0.2, 0.25) is 0 Å². The third-order valence-corrected chi connectivity index (χ3v) is 4.19. The van der Waals surface area contributed by atoms with Crippen LogP contribution in [0.5, 0.6) is 5.75 Å². The topological polar surface area (TPSA) is 55.6 Å². The lowest BCUT2D eigenvalue weighted by molar-refractivity contribution is -0.385. The van der Waals surface area contributed by atoms with Gasteiger partial charge < -0.3 is 9.64 Å². The van der Waals surface area contributed by atoms with Gasteiger partial charge >= 0.3 is 0 Å². The van der Waals surface area contributed by atoms with E-state index in [1.54, 1.807) is 12.1 Å². The van der Waals surface area contributed by atoms with Gasteiger partial charge in [-0.3, -0.25) is 10.1 Å². The lowest BCUT2D eigenvalue weighted by Crippen LogP contribution is -2.41. The summed E-state index contributed by atoms with van der Waals surface area (Å²) in [5.74, 6) is 0.824. The van der Waals surface area contributed by atoms with Gasteiger partial charge in [0.2, 0.25) is 0 Å². The molecule has 5 nitrogen and oxygen atoms in total. The molecule has 1 aromatic rings. The van der Waals surface area contributed by atoms with Gasteiger partial charge in [-0.2, -0.15) is 0 Å². The second kappa shape index (κ2) is 3.95. The third kappa shape index (κ3) is 1.66. The first-order valence-electron chi connectivity index (χ1n) is 6.21. The molecule has 0 amide bonds. The van der Waals surface area contributed by atoms with E-state index in [4.69, 9.17) is 4.74 Å². The molecule has 0 unspecified atom stereocenters. The van der Waals surface area contributed by atoms with Gasteiger partial charge in [0.05, 0.1) is 11.5 Å². The second-order valence-electron chi connectivity index (χ2n) is 5.31. The monoisotopic (exact) mass is 248 g/mol. The molecule has 1 fully saturated rings. The number of piperidine rings is 1. The number of nitrogens with zero attached hydrogens (tertiary/aromatic N) is 2. The average Bonchev–Trinajstić information content (AvgIpc) is 2.72. The molecule has 96 valence electrons. The number of hydrogen-bond acceptors (Lipinski definition) is 4. The van der Waals surface area contributed by atoms with Crippen LogP contribution in [0.15, 0.2) is 18.2 Å². The van der Waals surface area contributed by atoms with E-state index in [1.165, 1.54) is 6.07 Å². The van der Waals surface area contributed by atoms with Gasteiger partial charge in [0, 0.05) is 23.1 Å². The molecule has 1 aromatic carbocycles. The minimum absolute atomic E-state index is 0.00609. The summed E-state index contributed by atoms with van der Waals surface area (Å²) in [6.45, 7) is 2.70. The molecule has 0 aliphatic carbocycles. The van der Waals surface area contributed by atoms with Crippen LogP contribution in [-0.4, -0.2) is 36.6 Å². The van der Waals surface area contributed by atoms with Gasteiger partial charge in [0.1, 0.15) is 5.75 Å². The highest BCUT2D eigenvalue weighted by molar-refractivity contribution is 5.50. The first-order chi connectivity index (χ1) is 8.61. The van der Waals surface area contributed by atoms with Crippen molar-refractivity contribution >= 4 is 5.69 Å². The highest BCUT2D eigenvalue weighted by Gasteiger charge is 2.43. The van der Waals surface area contributed by atoms with Crippen LogP contribution in [0.4, 0.5) is 5.69 Å². The van der Waals surface area contributed by atoms with E-state index >= 15 is 0 Å². The summed E-state index contributed by atoms with van der Waals surface area (Å²) in [5, 5.41) is 10.9. The zero-order chi connectivity index (χ0) is 12.8. The number of fused-ring (bicyclic) bond motifs is 2. The van der Waals surface area contributed by atoms with Crippen molar-refractivity contribution in [2.24, 2.45) is 0 Å². The fraction of sp³-hybridized carbons (Fsp3) is 0.538. The standard InChI is InChI=1S/C13H16N2O3/c1-14-6-4-13(5-7-14)9-18-12-3-2-10(15(16)17)8-11(12)13/h2-3,8H,4-7,9H2,1H3. The maximum absolute atomic E-state index is 10.9. The van der Waals surface area contributed by atoms with Crippen LogP contribution in [0.1, 0.15) is 18.4 Å². The smallest absolute Gasteiger partial charge is 0.269 e. The van der Waals surface area contributed by atoms with E-state index in [2.05, 4.69) is 11.9 Å². The maximum atomic E-state index is 10.9. The number of nitro benzene ring substituents is 1. The zero-order valence-electron chi connectivity index (χ0n) is 10.4. The van der Waals surface area contributed by atoms with Crippen molar-refractivity contribution < 1.29 is 9.66 Å². The summed E-state index contributed by atoms with van der Waals surface area (Å²) in [6, 6.07) is 4.96. The van der Waals surface area contributed by atoms with Crippen LogP contribution in [0.25, 0.3) is 0 Å². The summed E-state index contributed by atoms with van der Waals surface area (Å²) in [6.07, 6.45) is 2.02. The Kier molecular flexibility index (Phi) is 2.52. The summed E-state index contributed by atoms with van der Waals surface area (Å²) in [4.78, 5) is 12.8. The molecule has 1 saturated heterocycles. The molecule has 0 atom stereocenters. The van der Waals surface area contributed by atoms with Crippen molar-refractivity contribution in [2.45, 2.75) is 18.3 Å². The number of benzene rings is 1. The van der Waals surface area contributed by atoms with Crippen molar-refractivity contribution in [2.75, 3.05) is 26.7 Å². The summed E-state index contributed by atoms with van der Waals surface area (Å²) >= 11 is 0. The predicted octanol–water partition coefficient (Wildman–Crippen LogP) is 1.95. The Morgan fingerprint density at radius 1 is 1.39 bits per heavy atom. The molecule has 2 aliphatic heterocycles. The van der Waals surface area contributed by atoms with Gasteiger partial charge in [-0.05, 0) is 39.0 Å². The van der Waals surface area contributed by atoms with Crippen molar-refractivity contribution in [3.05, 3.63) is 33.9 Å². The molecule has 0 aromatic heterocycles. The van der Waals surface area contributed by atoms with E-state index in [1.807, 2.05) is 0 Å². The fourth-order valence-electron chi connectivity index (χ4n) is 2.93. The number of hydrogen-bond donors (Lipinski definition) is 0. The van der Waals surface area contributed by atoms with E-state index < -0.39 is 0 Å². The molecule has 3 rings (SSSR count). The molecule has 2 heterocycles. The Balaban J connectivity index is 1.99. The van der Waals surface area contributed by atoms with Crippen LogP contribution in [0.3, 0.4) is 0 Å². The molecule has 18 heavy (non-hydrogen) atoms. The highest BCUT2D eigenvalue weighted by atomic mass is 16.6. The van der Waals surface area contributed by atoms with Gasteiger partial charge in [0.25, 0.3) is 5.69 Å². The average molecular weight is 248 g/mol. The molecule has 2 aliphatic rings. The van der Waals surface area contributed by atoms with Crippen molar-refractivity contribution in [3.8, 4) is 5.75 Å². The Hall–Kier alpha value is -1.62. The molecule has 0 bridgehead atoms. The quantitative estimate of drug-likeness (QED) is 0.563. The van der Waals surface area contributed by atoms with Crippen LogP contribution in [-0.2, 0) is 5.41 Å². The van der Waals surface area contributed by atoms with E-state index in [-0.39, 0.29) is 16.0 Å². The summed E-state index contributed by atoms with van der Waals surface area (Å²) in [7, 11) is 2.11. The summed E-state index contributed by atoms with van der Waals surface area (Å²) < 4.78 is 5.72. The lowest BCUT2D eigenvalue weighted by atomic mass is 9.74. The number of non-ortho nitro benzene ring substituents is 1. The van der Waals surface area contributed by atoms with Gasteiger partial charge in [-0.25, -0.2) is 0 Å². The maximum Gasteiger partial charge on any atom is 0.269 e. The van der Waals surface area contributed by atoms with Gasteiger partial charge in [-0.1, -0.05) is 0 Å². The molecule has 1 spiro atoms. The van der Waals surface area contributed by atoms with Crippen LogP contribution >= 0.6 is 0 Å². The second-order valence-corrected chi connectivity index (χ2v) is 5.31. The first-order valence-corrected chi connectivity index (χ1v) is 6.21. The molecule has 0 radical (unpaired) electrons. The molecule has 5 heteroatoms. The van der Waals surface area contributed by atoms with Crippen LogP contribution < -0.4 is 4.74 Å². The number of likely N-dealkylation sites (tertiary alicyclic amines) is 1. The van der Waals surface area contributed by atoms with E-state index in [0.717, 1.165) is 37.2 Å². The largest absolute Gasteiger partial charge is 0.492 e. The Morgan fingerprint density at radius 3 is 2.78 bits per heavy atom. The molecular weight excluding hydrogens is 232 g/mol. The van der Waals surface area contributed by atoms with Crippen molar-refractivity contribution in [3.63, 3.8) is 0 Å². The van der Waals surface area contributed by atoms with Crippen molar-refractivity contribution in [1.29, 1.82) is 0 Å². The molecule has 0 N–H and O–H groups in total. The zero-order valence-corrected chi connectivity index (χ0v) is 10.4. The highest BCUT2D eigenvalue weighted by Crippen LogP contribution is 2.46. The van der Waals surface area contributed by atoms with Crippen molar-refractivity contribution in [1.82, 2.24) is 4.90 Å². The Morgan fingerprint density at radius 2 is 2.11 bits per heavy atom. The lowest BCUT2D eigenvalue weighted by Gasteiger charge is -2.36. The fourth-order valence-corrected chi connectivity index (χ4v) is 2.93. The Labute approximate surface area is 106 Å². The minimum Gasteiger partial charge on any atom is -0.492 e. The number of rotatable bonds is 1. The Bertz CT molecular complexity index is 493. The minimum atomic E-state index is -0.332. The number of ether oxygens (including phenoxy) is 1. The molecular formula is C13H16N2O3. The summed E-state index contributed by atoms with van der Waals surface area (Å²) in [5.41, 5.74) is 1.19. The van der Waals surface area contributed by atoms with Gasteiger partial charge in [0.15, 0.2) is 0 Å².